The smallest absolute Gasteiger partial charge is 0.255 e. The monoisotopic (exact) mass is 562 g/mol. The summed E-state index contributed by atoms with van der Waals surface area (Å²) < 4.78 is 13.2. The fourth-order valence-corrected chi connectivity index (χ4v) is 5.45. The summed E-state index contributed by atoms with van der Waals surface area (Å²) in [7, 11) is 0. The van der Waals surface area contributed by atoms with Crippen LogP contribution in [0.2, 0.25) is 0 Å². The van der Waals surface area contributed by atoms with Crippen molar-refractivity contribution in [2.75, 3.05) is 26.3 Å². The van der Waals surface area contributed by atoms with Gasteiger partial charge in [0.25, 0.3) is 5.91 Å². The second kappa shape index (κ2) is 11.5. The Bertz CT molecular complexity index is 1240. The molecule has 0 spiro atoms. The van der Waals surface area contributed by atoms with Crippen molar-refractivity contribution in [3.8, 4) is 5.75 Å². The normalized spacial score (nSPS) is 21.0. The number of ether oxygens (including phenoxy) is 2. The molecule has 2 atom stereocenters. The molecule has 2 aliphatic rings. The van der Waals surface area contributed by atoms with Crippen molar-refractivity contribution in [1.29, 1.82) is 0 Å². The molecular weight excluding hydrogens is 532 g/mol. The number of amides is 1. The molecule has 1 amide bonds. The Morgan fingerprint density at radius 2 is 1.73 bits per heavy atom. The first-order valence-electron chi connectivity index (χ1n) is 12.8. The molecule has 0 unspecified atom stereocenters. The molecule has 3 aromatic carbocycles. The average molecular weight is 563 g/mol. The minimum Gasteiger partial charge on any atom is -0.494 e. The van der Waals surface area contributed by atoms with Crippen LogP contribution in [0.4, 0.5) is 0 Å². The van der Waals surface area contributed by atoms with Crippen LogP contribution in [0.15, 0.2) is 88.3 Å². The Morgan fingerprint density at radius 1 is 1.03 bits per heavy atom. The molecule has 192 valence electrons. The fourth-order valence-electron chi connectivity index (χ4n) is 5.02. The molecule has 0 aliphatic carbocycles. The second-order valence-electron chi connectivity index (χ2n) is 9.47. The second-order valence-corrected chi connectivity index (χ2v) is 10.3. The van der Waals surface area contributed by atoms with Crippen LogP contribution >= 0.6 is 15.9 Å². The van der Waals surface area contributed by atoms with Gasteiger partial charge in [0.15, 0.2) is 11.6 Å². The highest BCUT2D eigenvalue weighted by Crippen LogP contribution is 2.44. The van der Waals surface area contributed by atoms with Crippen LogP contribution in [0.25, 0.3) is 0 Å². The van der Waals surface area contributed by atoms with Crippen molar-refractivity contribution in [1.82, 2.24) is 4.90 Å². The molecule has 0 radical (unpaired) electrons. The van der Waals surface area contributed by atoms with Crippen LogP contribution in [0.5, 0.6) is 5.75 Å². The van der Waals surface area contributed by atoms with Crippen LogP contribution in [0.3, 0.4) is 0 Å². The number of likely N-dealkylation sites (tertiary alicyclic amines) is 1. The minimum atomic E-state index is -1.14. The molecular formula is C30H31BrN2O4. The zero-order valence-electron chi connectivity index (χ0n) is 20.7. The summed E-state index contributed by atoms with van der Waals surface area (Å²) in [4.78, 5) is 21.4. The molecule has 0 saturated carbocycles. The third-order valence-electron chi connectivity index (χ3n) is 6.92. The molecule has 2 heterocycles. The van der Waals surface area contributed by atoms with E-state index in [2.05, 4.69) is 15.9 Å². The number of nitrogens with zero attached hydrogens (tertiary/aromatic N) is 2. The molecule has 37 heavy (non-hydrogen) atoms. The molecule has 1 fully saturated rings. The molecule has 0 bridgehead atoms. The van der Waals surface area contributed by atoms with Crippen LogP contribution in [0, 0.1) is 0 Å². The van der Waals surface area contributed by atoms with Gasteiger partial charge in [0.1, 0.15) is 5.75 Å². The summed E-state index contributed by atoms with van der Waals surface area (Å²) in [5.41, 5.74) is 1.59. The molecule has 5 rings (SSSR count). The quantitative estimate of drug-likeness (QED) is 0.358. The highest BCUT2D eigenvalue weighted by atomic mass is 79.9. The van der Waals surface area contributed by atoms with Crippen LogP contribution in [0.1, 0.15) is 42.1 Å². The van der Waals surface area contributed by atoms with Gasteiger partial charge in [0.05, 0.1) is 6.61 Å². The van der Waals surface area contributed by atoms with E-state index in [1.165, 1.54) is 0 Å². The summed E-state index contributed by atoms with van der Waals surface area (Å²) in [5, 5.41) is 9.00. The lowest BCUT2D eigenvalue weighted by Crippen LogP contribution is -2.51. The highest BCUT2D eigenvalue weighted by Gasteiger charge is 2.55. The molecule has 0 aromatic heterocycles. The van der Waals surface area contributed by atoms with Crippen molar-refractivity contribution in [3.05, 3.63) is 100 Å². The van der Waals surface area contributed by atoms with Crippen LogP contribution < -0.4 is 4.74 Å². The van der Waals surface area contributed by atoms with E-state index in [0.29, 0.717) is 31.1 Å². The van der Waals surface area contributed by atoms with Gasteiger partial charge >= 0.3 is 0 Å². The summed E-state index contributed by atoms with van der Waals surface area (Å²) in [5.74, 6) is 1.17. The number of aliphatic hydroxyl groups is 1. The number of benzene rings is 3. The van der Waals surface area contributed by atoms with Gasteiger partial charge in [-0.3, -0.25) is 4.79 Å². The number of carbonyl (C=O) groups excluding carboxylic acids is 1. The first-order chi connectivity index (χ1) is 18.1. The zero-order chi connectivity index (χ0) is 25.7. The SMILES string of the molecule is O=C(N1CCCC1)[C@]1(Cc2ccccc2Br)N=C(c2ccc(OCCCO)cc2)O[C@@H]1c1ccccc1. The van der Waals surface area contributed by atoms with E-state index in [4.69, 9.17) is 19.6 Å². The summed E-state index contributed by atoms with van der Waals surface area (Å²) in [6.07, 6.45) is 2.43. The average Bonchev–Trinajstić information content (AvgIpc) is 3.60. The Kier molecular flexibility index (Phi) is 7.91. The van der Waals surface area contributed by atoms with Crippen molar-refractivity contribution >= 4 is 27.7 Å². The van der Waals surface area contributed by atoms with Gasteiger partial charge in [-0.25, -0.2) is 4.99 Å². The topological polar surface area (TPSA) is 71.4 Å². The molecule has 6 nitrogen and oxygen atoms in total. The van der Waals surface area contributed by atoms with Gasteiger partial charge < -0.3 is 19.5 Å². The third-order valence-corrected chi connectivity index (χ3v) is 7.69. The van der Waals surface area contributed by atoms with Gasteiger partial charge in [-0.2, -0.15) is 0 Å². The Hall–Kier alpha value is -3.16. The number of aliphatic hydroxyl groups excluding tert-OH is 1. The number of aliphatic imine (C=N–C) groups is 1. The predicted molar refractivity (Wildman–Crippen MR) is 147 cm³/mol. The van der Waals surface area contributed by atoms with E-state index in [1.54, 1.807) is 0 Å². The van der Waals surface area contributed by atoms with E-state index in [-0.39, 0.29) is 12.5 Å². The lowest BCUT2D eigenvalue weighted by molar-refractivity contribution is -0.138. The summed E-state index contributed by atoms with van der Waals surface area (Å²) in [6.45, 7) is 2.02. The maximum atomic E-state index is 14.3. The maximum Gasteiger partial charge on any atom is 0.255 e. The summed E-state index contributed by atoms with van der Waals surface area (Å²) in [6, 6.07) is 25.5. The van der Waals surface area contributed by atoms with Crippen LogP contribution in [-0.4, -0.2) is 53.7 Å². The maximum absolute atomic E-state index is 14.3. The first kappa shape index (κ1) is 25.5. The Morgan fingerprint density at radius 3 is 2.43 bits per heavy atom. The number of halogens is 1. The van der Waals surface area contributed by atoms with Crippen molar-refractivity contribution < 1.29 is 19.4 Å². The zero-order valence-corrected chi connectivity index (χ0v) is 22.3. The van der Waals surface area contributed by atoms with Gasteiger partial charge in [-0.05, 0) is 54.3 Å². The standard InChI is InChI=1S/C30H31BrN2O4/c31-26-12-5-4-11-24(26)21-30(29(35)33-17-6-7-18-33)27(22-9-2-1-3-10-22)37-28(32-30)23-13-15-25(16-14-23)36-20-8-19-34/h1-5,9-16,27,34H,6-8,17-21H2/t27-,30-/m1/s1. The lowest BCUT2D eigenvalue weighted by Gasteiger charge is -2.34. The van der Waals surface area contributed by atoms with Gasteiger partial charge in [0.2, 0.25) is 5.90 Å². The molecule has 1 saturated heterocycles. The molecule has 2 aliphatic heterocycles. The predicted octanol–water partition coefficient (Wildman–Crippen LogP) is 5.33. The van der Waals surface area contributed by atoms with Gasteiger partial charge in [0, 0.05) is 42.6 Å². The van der Waals surface area contributed by atoms with Crippen LogP contribution in [-0.2, 0) is 16.0 Å². The third kappa shape index (κ3) is 5.43. The Balaban J connectivity index is 1.57. The van der Waals surface area contributed by atoms with E-state index in [1.807, 2.05) is 83.8 Å². The van der Waals surface area contributed by atoms with Crippen molar-refractivity contribution in [3.63, 3.8) is 0 Å². The van der Waals surface area contributed by atoms with E-state index in [0.717, 1.165) is 47.1 Å². The minimum absolute atomic E-state index is 0.00793. The number of hydrogen-bond acceptors (Lipinski definition) is 5. The molecule has 1 N–H and O–H groups in total. The van der Waals surface area contributed by atoms with Crippen molar-refractivity contribution in [2.45, 2.75) is 37.3 Å². The fraction of sp³-hybridized carbons (Fsp3) is 0.333. The lowest BCUT2D eigenvalue weighted by atomic mass is 9.81. The highest BCUT2D eigenvalue weighted by molar-refractivity contribution is 9.10. The van der Waals surface area contributed by atoms with Crippen molar-refractivity contribution in [2.24, 2.45) is 4.99 Å². The number of carbonyl (C=O) groups is 1. The largest absolute Gasteiger partial charge is 0.494 e. The summed E-state index contributed by atoms with van der Waals surface area (Å²) >= 11 is 3.69. The van der Waals surface area contributed by atoms with E-state index < -0.39 is 11.6 Å². The molecule has 3 aromatic rings. The molecule has 7 heteroatoms. The van der Waals surface area contributed by atoms with E-state index >= 15 is 0 Å². The van der Waals surface area contributed by atoms with E-state index in [9.17, 15) is 4.79 Å². The first-order valence-corrected chi connectivity index (χ1v) is 13.6. The Labute approximate surface area is 226 Å². The van der Waals surface area contributed by atoms with Gasteiger partial charge in [-0.15, -0.1) is 0 Å². The van der Waals surface area contributed by atoms with Gasteiger partial charge in [-0.1, -0.05) is 64.5 Å². The number of rotatable bonds is 9. The number of hydrogen-bond donors (Lipinski definition) is 1.